The standard InChI is InChI=1S/C17H18N2OS/c20-15(12-21-16-8-4-5-11-18-16)19-13-17(9-10-17)14-6-2-1-3-7-14/h1-8,11H,9-10,12-13H2,(H,19,20). The molecule has 1 heterocycles. The number of carbonyl (C=O) groups excluding carboxylic acids is 1. The average Bonchev–Trinajstić information content (AvgIpc) is 3.34. The molecule has 4 heteroatoms. The number of hydrogen-bond donors (Lipinski definition) is 1. The molecule has 0 radical (unpaired) electrons. The number of amides is 1. The van der Waals surface area contributed by atoms with E-state index in [0.29, 0.717) is 5.75 Å². The molecule has 1 N–H and O–H groups in total. The highest BCUT2D eigenvalue weighted by Crippen LogP contribution is 2.47. The van der Waals surface area contributed by atoms with Gasteiger partial charge in [-0.3, -0.25) is 4.79 Å². The topological polar surface area (TPSA) is 42.0 Å². The van der Waals surface area contributed by atoms with E-state index in [-0.39, 0.29) is 11.3 Å². The number of thioether (sulfide) groups is 1. The number of benzene rings is 1. The lowest BCUT2D eigenvalue weighted by Gasteiger charge is -2.16. The SMILES string of the molecule is O=C(CSc1ccccn1)NCC1(c2ccccc2)CC1. The van der Waals surface area contributed by atoms with Crippen molar-refractivity contribution in [2.75, 3.05) is 12.3 Å². The minimum atomic E-state index is 0.0767. The fourth-order valence-corrected chi connectivity index (χ4v) is 3.09. The monoisotopic (exact) mass is 298 g/mol. The lowest BCUT2D eigenvalue weighted by Crippen LogP contribution is -2.33. The molecule has 0 saturated heterocycles. The first-order valence-electron chi connectivity index (χ1n) is 7.15. The summed E-state index contributed by atoms with van der Waals surface area (Å²) in [7, 11) is 0. The first-order chi connectivity index (χ1) is 10.3. The summed E-state index contributed by atoms with van der Waals surface area (Å²) in [5, 5.41) is 3.95. The molecule has 0 spiro atoms. The van der Waals surface area contributed by atoms with Crippen LogP contribution in [0.15, 0.2) is 59.8 Å². The van der Waals surface area contributed by atoms with Gasteiger partial charge in [-0.25, -0.2) is 4.98 Å². The van der Waals surface area contributed by atoms with Crippen LogP contribution in [0.3, 0.4) is 0 Å². The molecule has 1 aliphatic carbocycles. The van der Waals surface area contributed by atoms with Crippen molar-refractivity contribution in [2.45, 2.75) is 23.3 Å². The van der Waals surface area contributed by atoms with Gasteiger partial charge in [0.1, 0.15) is 0 Å². The van der Waals surface area contributed by atoms with E-state index >= 15 is 0 Å². The van der Waals surface area contributed by atoms with Crippen LogP contribution in [0.5, 0.6) is 0 Å². The van der Waals surface area contributed by atoms with E-state index in [0.717, 1.165) is 24.4 Å². The van der Waals surface area contributed by atoms with Crippen molar-refractivity contribution in [3.63, 3.8) is 0 Å². The summed E-state index contributed by atoms with van der Waals surface area (Å²) in [6, 6.07) is 16.2. The Morgan fingerprint density at radius 3 is 2.57 bits per heavy atom. The minimum Gasteiger partial charge on any atom is -0.354 e. The fraction of sp³-hybridized carbons (Fsp3) is 0.294. The molecule has 0 atom stereocenters. The van der Waals surface area contributed by atoms with E-state index in [1.54, 1.807) is 6.20 Å². The molecule has 0 aliphatic heterocycles. The molecule has 0 bridgehead atoms. The smallest absolute Gasteiger partial charge is 0.230 e. The van der Waals surface area contributed by atoms with Gasteiger partial charge < -0.3 is 5.32 Å². The van der Waals surface area contributed by atoms with Crippen LogP contribution in [0, 0.1) is 0 Å². The number of pyridine rings is 1. The third kappa shape index (κ3) is 3.64. The zero-order valence-corrected chi connectivity index (χ0v) is 12.6. The number of rotatable bonds is 6. The van der Waals surface area contributed by atoms with Gasteiger partial charge in [0.25, 0.3) is 0 Å². The molecule has 1 fully saturated rings. The van der Waals surface area contributed by atoms with Gasteiger partial charge in [-0.1, -0.05) is 48.2 Å². The second-order valence-electron chi connectivity index (χ2n) is 5.38. The van der Waals surface area contributed by atoms with Crippen molar-refractivity contribution >= 4 is 17.7 Å². The quantitative estimate of drug-likeness (QED) is 0.834. The molecule has 0 unspecified atom stereocenters. The Morgan fingerprint density at radius 1 is 1.14 bits per heavy atom. The second-order valence-corrected chi connectivity index (χ2v) is 6.38. The van der Waals surface area contributed by atoms with Gasteiger partial charge in [-0.2, -0.15) is 0 Å². The summed E-state index contributed by atoms with van der Waals surface area (Å²) < 4.78 is 0. The maximum Gasteiger partial charge on any atom is 0.230 e. The van der Waals surface area contributed by atoms with Crippen LogP contribution in [-0.4, -0.2) is 23.2 Å². The summed E-state index contributed by atoms with van der Waals surface area (Å²) >= 11 is 1.47. The zero-order chi connectivity index (χ0) is 14.5. The lowest BCUT2D eigenvalue weighted by atomic mass is 9.96. The van der Waals surface area contributed by atoms with Crippen molar-refractivity contribution in [1.82, 2.24) is 10.3 Å². The van der Waals surface area contributed by atoms with Crippen molar-refractivity contribution < 1.29 is 4.79 Å². The van der Waals surface area contributed by atoms with E-state index in [9.17, 15) is 4.79 Å². The predicted octanol–water partition coefficient (Wildman–Crippen LogP) is 3.02. The normalized spacial score (nSPS) is 15.4. The number of carbonyl (C=O) groups is 1. The van der Waals surface area contributed by atoms with Gasteiger partial charge in [-0.15, -0.1) is 0 Å². The van der Waals surface area contributed by atoms with Crippen LogP contribution in [-0.2, 0) is 10.2 Å². The summed E-state index contributed by atoms with van der Waals surface area (Å²) in [6.45, 7) is 0.735. The summed E-state index contributed by atoms with van der Waals surface area (Å²) in [5.41, 5.74) is 1.51. The van der Waals surface area contributed by atoms with Crippen LogP contribution in [0.4, 0.5) is 0 Å². The number of nitrogens with one attached hydrogen (secondary N) is 1. The predicted molar refractivity (Wildman–Crippen MR) is 85.3 cm³/mol. The van der Waals surface area contributed by atoms with Crippen LogP contribution in [0.2, 0.25) is 0 Å². The minimum absolute atomic E-state index is 0.0767. The van der Waals surface area contributed by atoms with Crippen molar-refractivity contribution in [2.24, 2.45) is 0 Å². The van der Waals surface area contributed by atoms with Crippen LogP contribution in [0.1, 0.15) is 18.4 Å². The molecular formula is C17H18N2OS. The largest absolute Gasteiger partial charge is 0.354 e. The third-order valence-electron chi connectivity index (χ3n) is 3.85. The van der Waals surface area contributed by atoms with Gasteiger partial charge in [0.2, 0.25) is 5.91 Å². The Morgan fingerprint density at radius 2 is 1.90 bits per heavy atom. The Kier molecular flexibility index (Phi) is 4.25. The maximum absolute atomic E-state index is 12.0. The molecule has 1 aliphatic rings. The number of aromatic nitrogens is 1. The second kappa shape index (κ2) is 6.31. The van der Waals surface area contributed by atoms with Gasteiger partial charge in [0, 0.05) is 18.2 Å². The molecular weight excluding hydrogens is 280 g/mol. The lowest BCUT2D eigenvalue weighted by molar-refractivity contribution is -0.118. The Bertz CT molecular complexity index is 597. The summed E-state index contributed by atoms with van der Waals surface area (Å²) in [5.74, 6) is 0.495. The highest BCUT2D eigenvalue weighted by molar-refractivity contribution is 7.99. The van der Waals surface area contributed by atoms with Gasteiger partial charge in [0.15, 0.2) is 0 Å². The molecule has 3 nitrogen and oxygen atoms in total. The first kappa shape index (κ1) is 14.1. The van der Waals surface area contributed by atoms with E-state index in [2.05, 4.69) is 34.6 Å². The molecule has 21 heavy (non-hydrogen) atoms. The van der Waals surface area contributed by atoms with Crippen LogP contribution < -0.4 is 5.32 Å². The third-order valence-corrected chi connectivity index (χ3v) is 4.80. The fourth-order valence-electron chi connectivity index (χ4n) is 2.40. The molecule has 1 aromatic carbocycles. The van der Waals surface area contributed by atoms with Crippen molar-refractivity contribution in [3.8, 4) is 0 Å². The Labute approximate surface area is 129 Å². The summed E-state index contributed by atoms with van der Waals surface area (Å²) in [4.78, 5) is 16.2. The highest BCUT2D eigenvalue weighted by Gasteiger charge is 2.44. The van der Waals surface area contributed by atoms with E-state index in [1.165, 1.54) is 17.3 Å². The highest BCUT2D eigenvalue weighted by atomic mass is 32.2. The number of nitrogens with zero attached hydrogens (tertiary/aromatic N) is 1. The molecule has 1 amide bonds. The molecule has 1 aromatic heterocycles. The maximum atomic E-state index is 12.0. The molecule has 1 saturated carbocycles. The first-order valence-corrected chi connectivity index (χ1v) is 8.13. The molecule has 3 rings (SSSR count). The Balaban J connectivity index is 1.48. The van der Waals surface area contributed by atoms with E-state index in [4.69, 9.17) is 0 Å². The van der Waals surface area contributed by atoms with Crippen molar-refractivity contribution in [1.29, 1.82) is 0 Å². The molecule has 2 aromatic rings. The van der Waals surface area contributed by atoms with E-state index < -0.39 is 0 Å². The van der Waals surface area contributed by atoms with Gasteiger partial charge in [-0.05, 0) is 30.5 Å². The van der Waals surface area contributed by atoms with Gasteiger partial charge >= 0.3 is 0 Å². The van der Waals surface area contributed by atoms with Gasteiger partial charge in [0.05, 0.1) is 10.8 Å². The van der Waals surface area contributed by atoms with E-state index in [1.807, 2.05) is 24.3 Å². The van der Waals surface area contributed by atoms with Crippen LogP contribution in [0.25, 0.3) is 0 Å². The summed E-state index contributed by atoms with van der Waals surface area (Å²) in [6.07, 6.45) is 4.06. The molecule has 108 valence electrons. The number of hydrogen-bond acceptors (Lipinski definition) is 3. The zero-order valence-electron chi connectivity index (χ0n) is 11.8. The Hall–Kier alpha value is -1.81. The van der Waals surface area contributed by atoms with Crippen LogP contribution >= 0.6 is 11.8 Å². The average molecular weight is 298 g/mol. The van der Waals surface area contributed by atoms with Crippen molar-refractivity contribution in [3.05, 3.63) is 60.3 Å².